The number of aromatic nitrogens is 2. The Balaban J connectivity index is 1.62. The number of fused-ring (bicyclic) bond motifs is 1. The molecule has 0 bridgehead atoms. The molecule has 28 heavy (non-hydrogen) atoms. The largest absolute Gasteiger partial charge is 0.416 e. The molecule has 4 nitrogen and oxygen atoms in total. The van der Waals surface area contributed by atoms with Crippen molar-refractivity contribution in [2.45, 2.75) is 25.3 Å². The molecule has 1 atom stereocenters. The zero-order valence-corrected chi connectivity index (χ0v) is 16.1. The van der Waals surface area contributed by atoms with E-state index in [-0.39, 0.29) is 12.5 Å². The van der Waals surface area contributed by atoms with Gasteiger partial charge < -0.3 is 9.47 Å². The fourth-order valence-corrected chi connectivity index (χ4v) is 3.62. The van der Waals surface area contributed by atoms with E-state index in [1.165, 1.54) is 12.1 Å². The van der Waals surface area contributed by atoms with Gasteiger partial charge in [0.15, 0.2) is 0 Å². The molecule has 1 aromatic heterocycles. The second kappa shape index (κ2) is 7.09. The molecule has 2 heterocycles. The molecule has 0 radical (unpaired) electrons. The molecule has 0 saturated heterocycles. The average Bonchev–Trinajstić information content (AvgIpc) is 3.11. The highest BCUT2D eigenvalue weighted by molar-refractivity contribution is 9.10. The van der Waals surface area contributed by atoms with E-state index in [1.807, 2.05) is 28.8 Å². The number of carbonyl (C=O) groups excluding carboxylic acids is 1. The van der Waals surface area contributed by atoms with Crippen molar-refractivity contribution in [2.75, 3.05) is 0 Å². The predicted octanol–water partition coefficient (Wildman–Crippen LogP) is 4.80. The van der Waals surface area contributed by atoms with Crippen molar-refractivity contribution in [1.82, 2.24) is 14.5 Å². The highest BCUT2D eigenvalue weighted by Gasteiger charge is 2.34. The Morgan fingerprint density at radius 3 is 2.39 bits per heavy atom. The number of alkyl halides is 3. The van der Waals surface area contributed by atoms with Crippen LogP contribution in [0.5, 0.6) is 0 Å². The molecular weight excluding hydrogens is 435 g/mol. The number of halogens is 4. The van der Waals surface area contributed by atoms with Gasteiger partial charge in [0.2, 0.25) is 0 Å². The van der Waals surface area contributed by atoms with Gasteiger partial charge in [-0.3, -0.25) is 4.79 Å². The van der Waals surface area contributed by atoms with Crippen molar-refractivity contribution in [2.24, 2.45) is 0 Å². The third kappa shape index (κ3) is 3.56. The Morgan fingerprint density at radius 2 is 1.75 bits per heavy atom. The molecule has 0 fully saturated rings. The summed E-state index contributed by atoms with van der Waals surface area (Å²) in [7, 11) is 0. The number of hydrogen-bond acceptors (Lipinski definition) is 2. The molecule has 4 rings (SSSR count). The van der Waals surface area contributed by atoms with Crippen molar-refractivity contribution in [1.29, 1.82) is 0 Å². The molecule has 1 aliphatic heterocycles. The summed E-state index contributed by atoms with van der Waals surface area (Å²) in [6.07, 6.45) is -1.04. The van der Waals surface area contributed by atoms with Crippen LogP contribution in [-0.2, 0) is 24.1 Å². The summed E-state index contributed by atoms with van der Waals surface area (Å²) in [5, 5.41) is 0. The minimum Gasteiger partial charge on any atom is -0.330 e. The number of nitrogens with zero attached hydrogens (tertiary/aromatic N) is 3. The average molecular weight is 450 g/mol. The molecule has 2 aromatic carbocycles. The van der Waals surface area contributed by atoms with Gasteiger partial charge in [-0.05, 0) is 35.4 Å². The second-order valence-corrected chi connectivity index (χ2v) is 7.55. The third-order valence-electron chi connectivity index (χ3n) is 4.76. The minimum absolute atomic E-state index is 0.118. The lowest BCUT2D eigenvalue weighted by atomic mass is 10.0. The lowest BCUT2D eigenvalue weighted by Crippen LogP contribution is -2.42. The number of imidazole rings is 1. The van der Waals surface area contributed by atoms with E-state index >= 15 is 0 Å². The van der Waals surface area contributed by atoms with E-state index in [9.17, 15) is 18.0 Å². The Morgan fingerprint density at radius 1 is 1.07 bits per heavy atom. The van der Waals surface area contributed by atoms with Crippen LogP contribution in [0.4, 0.5) is 13.2 Å². The minimum atomic E-state index is -4.38. The standard InChI is InChI=1S/C20H15BrF3N3O/c21-16-7-3-14(4-8-16)18-19(28)26(11-17-9-25-12-27(17)18)10-13-1-5-15(6-2-13)20(22,23)24/h1-9,12,18H,10-11H2. The first-order valence-electron chi connectivity index (χ1n) is 8.54. The van der Waals surface area contributed by atoms with Gasteiger partial charge in [-0.15, -0.1) is 0 Å². The van der Waals surface area contributed by atoms with Crippen LogP contribution < -0.4 is 0 Å². The maximum atomic E-state index is 13.2. The molecule has 0 spiro atoms. The summed E-state index contributed by atoms with van der Waals surface area (Å²) in [5.41, 5.74) is 1.64. The number of amides is 1. The summed E-state index contributed by atoms with van der Waals surface area (Å²) < 4.78 is 41.0. The van der Waals surface area contributed by atoms with Gasteiger partial charge in [0.25, 0.3) is 5.91 Å². The van der Waals surface area contributed by atoms with Gasteiger partial charge in [-0.1, -0.05) is 40.2 Å². The molecular formula is C20H15BrF3N3O. The summed E-state index contributed by atoms with van der Waals surface area (Å²) in [5.74, 6) is -0.118. The molecule has 1 unspecified atom stereocenters. The normalized spacial score (nSPS) is 16.9. The van der Waals surface area contributed by atoms with Crippen LogP contribution in [0.3, 0.4) is 0 Å². The van der Waals surface area contributed by atoms with Crippen LogP contribution >= 0.6 is 15.9 Å². The van der Waals surface area contributed by atoms with Crippen molar-refractivity contribution in [3.63, 3.8) is 0 Å². The van der Waals surface area contributed by atoms with Crippen molar-refractivity contribution in [3.8, 4) is 0 Å². The van der Waals surface area contributed by atoms with Gasteiger partial charge in [-0.25, -0.2) is 4.98 Å². The maximum absolute atomic E-state index is 13.2. The lowest BCUT2D eigenvalue weighted by Gasteiger charge is -2.34. The van der Waals surface area contributed by atoms with Crippen LogP contribution in [0, 0.1) is 0 Å². The van der Waals surface area contributed by atoms with Gasteiger partial charge >= 0.3 is 6.18 Å². The molecule has 3 aromatic rings. The first-order chi connectivity index (χ1) is 13.3. The fourth-order valence-electron chi connectivity index (χ4n) is 3.35. The highest BCUT2D eigenvalue weighted by atomic mass is 79.9. The summed E-state index contributed by atoms with van der Waals surface area (Å²) in [6, 6.07) is 11.8. The molecule has 0 saturated carbocycles. The van der Waals surface area contributed by atoms with Gasteiger partial charge in [0.05, 0.1) is 24.1 Å². The number of carbonyl (C=O) groups is 1. The van der Waals surface area contributed by atoms with Gasteiger partial charge in [0.1, 0.15) is 6.04 Å². The number of benzene rings is 2. The Hall–Kier alpha value is -2.61. The van der Waals surface area contributed by atoms with Crippen molar-refractivity contribution < 1.29 is 18.0 Å². The molecule has 8 heteroatoms. The second-order valence-electron chi connectivity index (χ2n) is 6.64. The number of hydrogen-bond donors (Lipinski definition) is 0. The Labute approximate surface area is 167 Å². The molecule has 1 amide bonds. The first-order valence-corrected chi connectivity index (χ1v) is 9.33. The van der Waals surface area contributed by atoms with Gasteiger partial charge in [-0.2, -0.15) is 13.2 Å². The Kier molecular flexibility index (Phi) is 4.74. The smallest absolute Gasteiger partial charge is 0.330 e. The van der Waals surface area contributed by atoms with E-state index in [2.05, 4.69) is 20.9 Å². The third-order valence-corrected chi connectivity index (χ3v) is 5.29. The van der Waals surface area contributed by atoms with Crippen molar-refractivity contribution >= 4 is 21.8 Å². The topological polar surface area (TPSA) is 38.1 Å². The van der Waals surface area contributed by atoms with Crippen LogP contribution in [0.2, 0.25) is 0 Å². The zero-order chi connectivity index (χ0) is 19.9. The number of rotatable bonds is 3. The quantitative estimate of drug-likeness (QED) is 0.576. The first kappa shape index (κ1) is 18.7. The summed E-state index contributed by atoms with van der Waals surface area (Å²) >= 11 is 3.39. The maximum Gasteiger partial charge on any atom is 0.416 e. The zero-order valence-electron chi connectivity index (χ0n) is 14.5. The molecule has 0 N–H and O–H groups in total. The van der Waals surface area contributed by atoms with Crippen LogP contribution in [-0.4, -0.2) is 20.4 Å². The predicted molar refractivity (Wildman–Crippen MR) is 100 cm³/mol. The molecule has 0 aliphatic carbocycles. The Bertz CT molecular complexity index is 997. The van der Waals surface area contributed by atoms with Gasteiger partial charge in [0, 0.05) is 17.2 Å². The van der Waals surface area contributed by atoms with E-state index in [1.54, 1.807) is 17.4 Å². The molecule has 1 aliphatic rings. The summed E-state index contributed by atoms with van der Waals surface area (Å²) in [4.78, 5) is 19.0. The molecule has 144 valence electrons. The van der Waals surface area contributed by atoms with E-state index in [0.717, 1.165) is 27.9 Å². The van der Waals surface area contributed by atoms with Crippen LogP contribution in [0.25, 0.3) is 0 Å². The SMILES string of the molecule is O=C1C(c2ccc(Br)cc2)n2cncc2CN1Cc1ccc(C(F)(F)F)cc1. The monoisotopic (exact) mass is 449 g/mol. The van der Waals surface area contributed by atoms with E-state index in [4.69, 9.17) is 0 Å². The lowest BCUT2D eigenvalue weighted by molar-refractivity contribution is -0.138. The van der Waals surface area contributed by atoms with Crippen LogP contribution in [0.1, 0.15) is 28.4 Å². The van der Waals surface area contributed by atoms with Crippen LogP contribution in [0.15, 0.2) is 65.5 Å². The fraction of sp³-hybridized carbons (Fsp3) is 0.200. The summed E-state index contributed by atoms with van der Waals surface area (Å²) in [6.45, 7) is 0.585. The van der Waals surface area contributed by atoms with Crippen molar-refractivity contribution in [3.05, 3.63) is 87.9 Å². The van der Waals surface area contributed by atoms with E-state index in [0.29, 0.717) is 12.1 Å². The van der Waals surface area contributed by atoms with E-state index < -0.39 is 17.8 Å². The highest BCUT2D eigenvalue weighted by Crippen LogP contribution is 2.32.